The molecule has 1 saturated carbocycles. The van der Waals surface area contributed by atoms with E-state index < -0.39 is 0 Å². The molecule has 0 aliphatic heterocycles. The Balaban J connectivity index is 1.95. The lowest BCUT2D eigenvalue weighted by Gasteiger charge is -2.12. The number of nitrogens with zero attached hydrogens (tertiary/aromatic N) is 2. The number of halogens is 1. The summed E-state index contributed by atoms with van der Waals surface area (Å²) < 4.78 is 5.68. The third kappa shape index (κ3) is 3.84. The van der Waals surface area contributed by atoms with Crippen LogP contribution in [0.3, 0.4) is 0 Å². The molecular formula is C13H19ClN2O. The van der Waals surface area contributed by atoms with Gasteiger partial charge in [-0.25, -0.2) is 4.98 Å². The van der Waals surface area contributed by atoms with E-state index in [0.29, 0.717) is 29.5 Å². The van der Waals surface area contributed by atoms with Gasteiger partial charge < -0.3 is 4.74 Å². The molecule has 0 aromatic carbocycles. The van der Waals surface area contributed by atoms with Crippen molar-refractivity contribution in [2.45, 2.75) is 45.4 Å². The number of hydrogen-bond acceptors (Lipinski definition) is 3. The average Bonchev–Trinajstić information content (AvgIpc) is 3.10. The Hall–Kier alpha value is -0.830. The highest BCUT2D eigenvalue weighted by molar-refractivity contribution is 6.29. The zero-order valence-corrected chi connectivity index (χ0v) is 11.2. The van der Waals surface area contributed by atoms with Gasteiger partial charge in [0.05, 0.1) is 6.61 Å². The van der Waals surface area contributed by atoms with Crippen LogP contribution in [0.4, 0.5) is 0 Å². The molecule has 1 aliphatic rings. The molecule has 0 saturated heterocycles. The monoisotopic (exact) mass is 254 g/mol. The Morgan fingerprint density at radius 3 is 2.88 bits per heavy atom. The molecule has 1 heterocycles. The molecule has 1 fully saturated rings. The van der Waals surface area contributed by atoms with Crippen LogP contribution in [0, 0.1) is 5.92 Å². The SMILES string of the molecule is CCCC(C)COc1cc(Cl)nc(C2CC2)n1. The number of ether oxygens (including phenoxy) is 1. The van der Waals surface area contributed by atoms with Gasteiger partial charge in [-0.2, -0.15) is 4.98 Å². The van der Waals surface area contributed by atoms with Crippen molar-refractivity contribution in [2.24, 2.45) is 5.92 Å². The Kier molecular flexibility index (Phi) is 4.21. The molecule has 4 heteroatoms. The normalized spacial score (nSPS) is 16.9. The maximum Gasteiger partial charge on any atom is 0.218 e. The Morgan fingerprint density at radius 2 is 2.24 bits per heavy atom. The largest absolute Gasteiger partial charge is 0.477 e. The molecule has 0 amide bonds. The van der Waals surface area contributed by atoms with E-state index >= 15 is 0 Å². The van der Waals surface area contributed by atoms with Gasteiger partial charge in [-0.15, -0.1) is 0 Å². The summed E-state index contributed by atoms with van der Waals surface area (Å²) in [5.41, 5.74) is 0. The van der Waals surface area contributed by atoms with Crippen LogP contribution in [0.1, 0.15) is 51.3 Å². The molecule has 94 valence electrons. The van der Waals surface area contributed by atoms with E-state index in [1.165, 1.54) is 25.7 Å². The van der Waals surface area contributed by atoms with Crippen molar-refractivity contribution in [3.05, 3.63) is 17.0 Å². The number of aromatic nitrogens is 2. The van der Waals surface area contributed by atoms with Crippen LogP contribution in [0.2, 0.25) is 5.15 Å². The zero-order valence-electron chi connectivity index (χ0n) is 10.4. The second-order valence-electron chi connectivity index (χ2n) is 4.87. The minimum absolute atomic E-state index is 0.486. The van der Waals surface area contributed by atoms with Gasteiger partial charge >= 0.3 is 0 Å². The third-order valence-electron chi connectivity index (χ3n) is 2.93. The first-order valence-corrected chi connectivity index (χ1v) is 6.74. The molecule has 0 N–H and O–H groups in total. The summed E-state index contributed by atoms with van der Waals surface area (Å²) in [7, 11) is 0. The van der Waals surface area contributed by atoms with Crippen molar-refractivity contribution in [3.63, 3.8) is 0 Å². The van der Waals surface area contributed by atoms with E-state index in [1.807, 2.05) is 0 Å². The molecule has 0 radical (unpaired) electrons. The minimum atomic E-state index is 0.486. The summed E-state index contributed by atoms with van der Waals surface area (Å²) in [5, 5.41) is 0.486. The standard InChI is InChI=1S/C13H19ClN2O/c1-3-4-9(2)8-17-12-7-11(14)15-13(16-12)10-5-6-10/h7,9-10H,3-6,8H2,1-2H3. The van der Waals surface area contributed by atoms with E-state index in [4.69, 9.17) is 16.3 Å². The maximum absolute atomic E-state index is 5.97. The lowest BCUT2D eigenvalue weighted by Crippen LogP contribution is -2.10. The molecule has 1 aromatic heterocycles. The van der Waals surface area contributed by atoms with Crippen molar-refractivity contribution >= 4 is 11.6 Å². The van der Waals surface area contributed by atoms with E-state index in [2.05, 4.69) is 23.8 Å². The predicted molar refractivity (Wildman–Crippen MR) is 68.6 cm³/mol. The Bertz CT molecular complexity index is 380. The molecule has 2 rings (SSSR count). The third-order valence-corrected chi connectivity index (χ3v) is 3.12. The molecular weight excluding hydrogens is 236 g/mol. The van der Waals surface area contributed by atoms with Gasteiger partial charge in [0, 0.05) is 12.0 Å². The fraction of sp³-hybridized carbons (Fsp3) is 0.692. The van der Waals surface area contributed by atoms with Gasteiger partial charge in [-0.3, -0.25) is 0 Å². The number of rotatable bonds is 6. The molecule has 17 heavy (non-hydrogen) atoms. The lowest BCUT2D eigenvalue weighted by atomic mass is 10.1. The predicted octanol–water partition coefficient (Wildman–Crippen LogP) is 3.82. The van der Waals surface area contributed by atoms with E-state index in [9.17, 15) is 0 Å². The highest BCUT2D eigenvalue weighted by Crippen LogP contribution is 2.39. The molecule has 3 nitrogen and oxygen atoms in total. The second-order valence-corrected chi connectivity index (χ2v) is 5.25. The van der Waals surface area contributed by atoms with Gasteiger partial charge in [0.2, 0.25) is 5.88 Å². The Morgan fingerprint density at radius 1 is 1.47 bits per heavy atom. The summed E-state index contributed by atoms with van der Waals surface area (Å²) in [5.74, 6) is 2.52. The summed E-state index contributed by atoms with van der Waals surface area (Å²) >= 11 is 5.97. The molecule has 1 aromatic rings. The first-order chi connectivity index (χ1) is 8.19. The van der Waals surface area contributed by atoms with E-state index in [0.717, 1.165) is 5.82 Å². The van der Waals surface area contributed by atoms with Gasteiger partial charge in [-0.1, -0.05) is 31.9 Å². The van der Waals surface area contributed by atoms with E-state index in [-0.39, 0.29) is 0 Å². The summed E-state index contributed by atoms with van der Waals surface area (Å²) in [6, 6.07) is 1.70. The number of hydrogen-bond donors (Lipinski definition) is 0. The highest BCUT2D eigenvalue weighted by Gasteiger charge is 2.27. The molecule has 0 bridgehead atoms. The van der Waals surface area contributed by atoms with Crippen LogP contribution in [-0.4, -0.2) is 16.6 Å². The van der Waals surface area contributed by atoms with Crippen LogP contribution in [-0.2, 0) is 0 Å². The van der Waals surface area contributed by atoms with Gasteiger partial charge in [-0.05, 0) is 25.2 Å². The Labute approximate surface area is 108 Å². The van der Waals surface area contributed by atoms with Crippen molar-refractivity contribution in [3.8, 4) is 5.88 Å². The summed E-state index contributed by atoms with van der Waals surface area (Å²) in [6.45, 7) is 5.07. The fourth-order valence-corrected chi connectivity index (χ4v) is 2.00. The summed E-state index contributed by atoms with van der Waals surface area (Å²) in [6.07, 6.45) is 4.70. The summed E-state index contributed by atoms with van der Waals surface area (Å²) in [4.78, 5) is 8.64. The van der Waals surface area contributed by atoms with Crippen molar-refractivity contribution < 1.29 is 4.74 Å². The van der Waals surface area contributed by atoms with Gasteiger partial charge in [0.1, 0.15) is 11.0 Å². The van der Waals surface area contributed by atoms with Crippen molar-refractivity contribution in [2.75, 3.05) is 6.61 Å². The van der Waals surface area contributed by atoms with E-state index in [1.54, 1.807) is 6.07 Å². The zero-order chi connectivity index (χ0) is 12.3. The molecule has 1 atom stereocenters. The smallest absolute Gasteiger partial charge is 0.218 e. The molecule has 1 aliphatic carbocycles. The van der Waals surface area contributed by atoms with Crippen molar-refractivity contribution in [1.29, 1.82) is 0 Å². The average molecular weight is 255 g/mol. The topological polar surface area (TPSA) is 35.0 Å². The van der Waals surface area contributed by atoms with Gasteiger partial charge in [0.25, 0.3) is 0 Å². The highest BCUT2D eigenvalue weighted by atomic mass is 35.5. The molecule has 1 unspecified atom stereocenters. The van der Waals surface area contributed by atoms with Crippen LogP contribution in [0.5, 0.6) is 5.88 Å². The fourth-order valence-electron chi connectivity index (χ4n) is 1.82. The molecule has 0 spiro atoms. The van der Waals surface area contributed by atoms with Crippen molar-refractivity contribution in [1.82, 2.24) is 9.97 Å². The lowest BCUT2D eigenvalue weighted by molar-refractivity contribution is 0.242. The second kappa shape index (κ2) is 5.67. The van der Waals surface area contributed by atoms with Crippen LogP contribution >= 0.6 is 11.6 Å². The minimum Gasteiger partial charge on any atom is -0.477 e. The van der Waals surface area contributed by atoms with Crippen LogP contribution in [0.25, 0.3) is 0 Å². The van der Waals surface area contributed by atoms with Crippen LogP contribution < -0.4 is 4.74 Å². The first kappa shape index (κ1) is 12.6. The van der Waals surface area contributed by atoms with Crippen LogP contribution in [0.15, 0.2) is 6.07 Å². The van der Waals surface area contributed by atoms with Gasteiger partial charge in [0.15, 0.2) is 0 Å². The quantitative estimate of drug-likeness (QED) is 0.724. The first-order valence-electron chi connectivity index (χ1n) is 6.36. The maximum atomic E-state index is 5.97.